The first-order valence-corrected chi connectivity index (χ1v) is 6.70. The number of hydrogen-bond donors (Lipinski definition) is 3. The van der Waals surface area contributed by atoms with E-state index in [1.165, 1.54) is 7.11 Å². The molecule has 5 heteroatoms. The molecule has 0 aliphatic rings. The molecule has 1 rings (SSSR count). The fourth-order valence-electron chi connectivity index (χ4n) is 2.27. The minimum absolute atomic E-state index is 0.168. The Hall–Kier alpha value is -1.75. The molecular formula is C15H24N2O3. The third-order valence-corrected chi connectivity index (χ3v) is 2.98. The molecule has 0 saturated heterocycles. The van der Waals surface area contributed by atoms with Gasteiger partial charge in [-0.2, -0.15) is 0 Å². The standard InChI is InChI=1S/C15H24N2O3/c1-10(2)8-15(3,19)9-17-14(18)13-11(16)6-5-7-12(13)20-4/h5-7,10,19H,8-9,16H2,1-4H3,(H,17,18). The zero-order valence-electron chi connectivity index (χ0n) is 12.6. The lowest BCUT2D eigenvalue weighted by Crippen LogP contribution is -2.41. The fourth-order valence-corrected chi connectivity index (χ4v) is 2.27. The Morgan fingerprint density at radius 2 is 2.15 bits per heavy atom. The van der Waals surface area contributed by atoms with Crippen molar-refractivity contribution in [1.29, 1.82) is 0 Å². The fraction of sp³-hybridized carbons (Fsp3) is 0.533. The number of nitrogen functional groups attached to an aromatic ring is 1. The maximum Gasteiger partial charge on any atom is 0.257 e. The summed E-state index contributed by atoms with van der Waals surface area (Å²) >= 11 is 0. The molecule has 1 atom stereocenters. The van der Waals surface area contributed by atoms with Crippen LogP contribution in [-0.4, -0.2) is 30.3 Å². The highest BCUT2D eigenvalue weighted by Crippen LogP contribution is 2.24. The van der Waals surface area contributed by atoms with E-state index in [0.717, 1.165) is 0 Å². The number of amides is 1. The van der Waals surface area contributed by atoms with E-state index in [1.807, 2.05) is 13.8 Å². The van der Waals surface area contributed by atoms with Crippen molar-refractivity contribution in [2.24, 2.45) is 5.92 Å². The van der Waals surface area contributed by atoms with Gasteiger partial charge >= 0.3 is 0 Å². The molecule has 4 N–H and O–H groups in total. The second-order valence-corrected chi connectivity index (χ2v) is 5.70. The van der Waals surface area contributed by atoms with E-state index in [0.29, 0.717) is 29.3 Å². The summed E-state index contributed by atoms with van der Waals surface area (Å²) in [6, 6.07) is 5.04. The van der Waals surface area contributed by atoms with Gasteiger partial charge in [-0.1, -0.05) is 19.9 Å². The Labute approximate surface area is 120 Å². The molecule has 1 aromatic rings. The summed E-state index contributed by atoms with van der Waals surface area (Å²) in [5, 5.41) is 12.9. The summed E-state index contributed by atoms with van der Waals surface area (Å²) in [6.45, 7) is 5.92. The topological polar surface area (TPSA) is 84.6 Å². The van der Waals surface area contributed by atoms with E-state index in [-0.39, 0.29) is 12.5 Å². The van der Waals surface area contributed by atoms with Crippen LogP contribution in [0.15, 0.2) is 18.2 Å². The zero-order chi connectivity index (χ0) is 15.3. The van der Waals surface area contributed by atoms with Crippen LogP contribution in [0.2, 0.25) is 0 Å². The lowest BCUT2D eigenvalue weighted by molar-refractivity contribution is 0.0368. The lowest BCUT2D eigenvalue weighted by Gasteiger charge is -2.25. The number of aliphatic hydroxyl groups is 1. The Morgan fingerprint density at radius 3 is 2.70 bits per heavy atom. The van der Waals surface area contributed by atoms with Gasteiger partial charge in [0, 0.05) is 12.2 Å². The summed E-state index contributed by atoms with van der Waals surface area (Å²) in [7, 11) is 1.49. The summed E-state index contributed by atoms with van der Waals surface area (Å²) in [5.41, 5.74) is 5.52. The number of benzene rings is 1. The van der Waals surface area contributed by atoms with Crippen LogP contribution >= 0.6 is 0 Å². The maximum absolute atomic E-state index is 12.2. The SMILES string of the molecule is COc1cccc(N)c1C(=O)NCC(C)(O)CC(C)C. The van der Waals surface area contributed by atoms with Crippen LogP contribution in [0.4, 0.5) is 5.69 Å². The van der Waals surface area contributed by atoms with Crippen molar-refractivity contribution in [2.45, 2.75) is 32.8 Å². The predicted molar refractivity (Wildman–Crippen MR) is 79.8 cm³/mol. The molecule has 5 nitrogen and oxygen atoms in total. The first-order valence-electron chi connectivity index (χ1n) is 6.70. The Bertz CT molecular complexity index is 470. The molecule has 0 aliphatic heterocycles. The maximum atomic E-state index is 12.2. The molecule has 0 fully saturated rings. The Balaban J connectivity index is 2.78. The van der Waals surface area contributed by atoms with E-state index in [4.69, 9.17) is 10.5 Å². The molecule has 0 bridgehead atoms. The predicted octanol–water partition coefficient (Wildman–Crippen LogP) is 1.80. The third kappa shape index (κ3) is 4.42. The number of methoxy groups -OCH3 is 1. The van der Waals surface area contributed by atoms with Crippen molar-refractivity contribution in [3.05, 3.63) is 23.8 Å². The second kappa shape index (κ2) is 6.61. The van der Waals surface area contributed by atoms with Gasteiger partial charge in [-0.3, -0.25) is 4.79 Å². The van der Waals surface area contributed by atoms with Gasteiger partial charge in [-0.15, -0.1) is 0 Å². The van der Waals surface area contributed by atoms with Crippen molar-refractivity contribution in [1.82, 2.24) is 5.32 Å². The molecule has 0 aromatic heterocycles. The third-order valence-electron chi connectivity index (χ3n) is 2.98. The van der Waals surface area contributed by atoms with Crippen molar-refractivity contribution >= 4 is 11.6 Å². The van der Waals surface area contributed by atoms with Gasteiger partial charge in [0.2, 0.25) is 0 Å². The van der Waals surface area contributed by atoms with Crippen LogP contribution in [0.1, 0.15) is 37.6 Å². The molecule has 0 aliphatic carbocycles. The zero-order valence-corrected chi connectivity index (χ0v) is 12.6. The summed E-state index contributed by atoms with van der Waals surface area (Å²) < 4.78 is 5.14. The number of nitrogens with two attached hydrogens (primary N) is 1. The number of hydrogen-bond acceptors (Lipinski definition) is 4. The van der Waals surface area contributed by atoms with Crippen molar-refractivity contribution in [3.8, 4) is 5.75 Å². The number of rotatable bonds is 6. The second-order valence-electron chi connectivity index (χ2n) is 5.70. The minimum Gasteiger partial charge on any atom is -0.496 e. The molecule has 0 heterocycles. The number of nitrogens with one attached hydrogen (secondary N) is 1. The normalized spacial score (nSPS) is 13.9. The largest absolute Gasteiger partial charge is 0.496 e. The average Bonchev–Trinajstić information content (AvgIpc) is 2.34. The quantitative estimate of drug-likeness (QED) is 0.694. The summed E-state index contributed by atoms with van der Waals surface area (Å²) in [4.78, 5) is 12.2. The van der Waals surface area contributed by atoms with E-state index in [2.05, 4.69) is 5.32 Å². The molecule has 0 saturated carbocycles. The van der Waals surface area contributed by atoms with Crippen molar-refractivity contribution < 1.29 is 14.6 Å². The molecule has 0 spiro atoms. The summed E-state index contributed by atoms with van der Waals surface area (Å²) in [5.74, 6) is 0.424. The highest BCUT2D eigenvalue weighted by Gasteiger charge is 2.24. The lowest BCUT2D eigenvalue weighted by atomic mass is 9.94. The van der Waals surface area contributed by atoms with Gasteiger partial charge in [0.1, 0.15) is 11.3 Å². The molecule has 0 radical (unpaired) electrons. The number of ether oxygens (including phenoxy) is 1. The molecule has 1 unspecified atom stereocenters. The highest BCUT2D eigenvalue weighted by molar-refractivity contribution is 6.01. The van der Waals surface area contributed by atoms with Gasteiger partial charge in [0.15, 0.2) is 0 Å². The van der Waals surface area contributed by atoms with E-state index >= 15 is 0 Å². The highest BCUT2D eigenvalue weighted by atomic mass is 16.5. The van der Waals surface area contributed by atoms with Crippen LogP contribution in [0.25, 0.3) is 0 Å². The van der Waals surface area contributed by atoms with Gasteiger partial charge < -0.3 is 20.9 Å². The van der Waals surface area contributed by atoms with Crippen molar-refractivity contribution in [2.75, 3.05) is 19.4 Å². The van der Waals surface area contributed by atoms with Crippen LogP contribution in [0, 0.1) is 5.92 Å². The number of anilines is 1. The number of carbonyl (C=O) groups is 1. The van der Waals surface area contributed by atoms with Gasteiger partial charge in [-0.05, 0) is 31.4 Å². The van der Waals surface area contributed by atoms with Crippen LogP contribution in [-0.2, 0) is 0 Å². The first-order chi connectivity index (χ1) is 9.26. The first kappa shape index (κ1) is 16.3. The van der Waals surface area contributed by atoms with Crippen LogP contribution in [0.5, 0.6) is 5.75 Å². The van der Waals surface area contributed by atoms with Gasteiger partial charge in [0.25, 0.3) is 5.91 Å². The van der Waals surface area contributed by atoms with Gasteiger partial charge in [-0.25, -0.2) is 0 Å². The Morgan fingerprint density at radius 1 is 1.50 bits per heavy atom. The monoisotopic (exact) mass is 280 g/mol. The number of carbonyl (C=O) groups excluding carboxylic acids is 1. The molecule has 20 heavy (non-hydrogen) atoms. The summed E-state index contributed by atoms with van der Waals surface area (Å²) in [6.07, 6.45) is 0.606. The molecular weight excluding hydrogens is 256 g/mol. The van der Waals surface area contributed by atoms with Crippen LogP contribution in [0.3, 0.4) is 0 Å². The Kier molecular flexibility index (Phi) is 5.39. The van der Waals surface area contributed by atoms with Crippen molar-refractivity contribution in [3.63, 3.8) is 0 Å². The smallest absolute Gasteiger partial charge is 0.257 e. The minimum atomic E-state index is -0.944. The van der Waals surface area contributed by atoms with Crippen LogP contribution < -0.4 is 15.8 Å². The van der Waals surface area contributed by atoms with E-state index < -0.39 is 5.60 Å². The molecule has 112 valence electrons. The molecule has 1 amide bonds. The van der Waals surface area contributed by atoms with E-state index in [9.17, 15) is 9.90 Å². The average molecular weight is 280 g/mol. The van der Waals surface area contributed by atoms with E-state index in [1.54, 1.807) is 25.1 Å². The molecule has 1 aromatic carbocycles. The van der Waals surface area contributed by atoms with Gasteiger partial charge in [0.05, 0.1) is 12.7 Å².